The predicted molar refractivity (Wildman–Crippen MR) is 37.7 cm³/mol. The van der Waals surface area contributed by atoms with Gasteiger partial charge in [-0.1, -0.05) is 0 Å². The van der Waals surface area contributed by atoms with Crippen LogP contribution in [0.3, 0.4) is 0 Å². The summed E-state index contributed by atoms with van der Waals surface area (Å²) in [5, 5.41) is 11.6. The molecule has 0 saturated carbocycles. The van der Waals surface area contributed by atoms with Crippen molar-refractivity contribution in [2.45, 2.75) is 0 Å². The minimum atomic E-state index is -0.195. The molecule has 0 radical (unpaired) electrons. The van der Waals surface area contributed by atoms with Crippen LogP contribution in [0.2, 0.25) is 0 Å². The Bertz CT molecular complexity index is 237. The molecule has 1 aromatic heterocycles. The quantitative estimate of drug-likeness (QED) is 0.503. The highest BCUT2D eigenvalue weighted by molar-refractivity contribution is 5.65. The summed E-state index contributed by atoms with van der Waals surface area (Å²) in [6.07, 6.45) is 1.23. The van der Waals surface area contributed by atoms with Crippen molar-refractivity contribution in [1.82, 2.24) is 9.97 Å². The van der Waals surface area contributed by atoms with E-state index in [0.717, 1.165) is 0 Å². The minimum absolute atomic E-state index is 0.171. The van der Waals surface area contributed by atoms with Gasteiger partial charge in [-0.25, -0.2) is 4.98 Å². The monoisotopic (exact) mass is 140 g/mol. The third-order valence-electron chi connectivity index (χ3n) is 1.10. The van der Waals surface area contributed by atoms with Crippen LogP contribution in [0.25, 0.3) is 0 Å². The van der Waals surface area contributed by atoms with Crippen molar-refractivity contribution >= 4 is 11.5 Å². The Morgan fingerprint density at radius 2 is 2.30 bits per heavy atom. The maximum Gasteiger partial charge on any atom is 0.240 e. The first kappa shape index (κ1) is 6.60. The Morgan fingerprint density at radius 1 is 1.60 bits per heavy atom. The fraction of sp³-hybridized carbons (Fsp3) is 0.200. The highest BCUT2D eigenvalue weighted by Gasteiger charge is 2.02. The summed E-state index contributed by atoms with van der Waals surface area (Å²) < 4.78 is 0. The third kappa shape index (κ3) is 0.928. The zero-order valence-electron chi connectivity index (χ0n) is 5.50. The number of anilines is 2. The van der Waals surface area contributed by atoms with E-state index in [-0.39, 0.29) is 11.6 Å². The van der Waals surface area contributed by atoms with Crippen LogP contribution in [0, 0.1) is 0 Å². The first-order valence-electron chi connectivity index (χ1n) is 2.73. The molecule has 0 aliphatic heterocycles. The van der Waals surface area contributed by atoms with Crippen LogP contribution in [0.15, 0.2) is 6.33 Å². The summed E-state index contributed by atoms with van der Waals surface area (Å²) in [7, 11) is 1.66. The third-order valence-corrected chi connectivity index (χ3v) is 1.10. The van der Waals surface area contributed by atoms with Gasteiger partial charge in [0.2, 0.25) is 5.88 Å². The van der Waals surface area contributed by atoms with Crippen LogP contribution >= 0.6 is 0 Å². The summed E-state index contributed by atoms with van der Waals surface area (Å²) in [5.41, 5.74) is 5.53. The lowest BCUT2D eigenvalue weighted by atomic mass is 10.5. The maximum atomic E-state index is 8.92. The normalized spacial score (nSPS) is 9.30. The summed E-state index contributed by atoms with van der Waals surface area (Å²) in [5.74, 6) is 0.242. The standard InChI is InChI=1S/C5H8N4O/c1-7-4-3(6)5(10)9-2-8-4/h2H,6H2,1H3,(H2,7,8,9,10). The lowest BCUT2D eigenvalue weighted by Gasteiger charge is -2.01. The van der Waals surface area contributed by atoms with Gasteiger partial charge in [0.1, 0.15) is 12.0 Å². The summed E-state index contributed by atoms with van der Waals surface area (Å²) >= 11 is 0. The van der Waals surface area contributed by atoms with Gasteiger partial charge in [0.25, 0.3) is 0 Å². The van der Waals surface area contributed by atoms with E-state index < -0.39 is 0 Å². The molecule has 0 atom stereocenters. The minimum Gasteiger partial charge on any atom is -0.492 e. The molecule has 4 N–H and O–H groups in total. The molecular formula is C5H8N4O. The molecule has 0 aliphatic carbocycles. The zero-order chi connectivity index (χ0) is 7.56. The average molecular weight is 140 g/mol. The van der Waals surface area contributed by atoms with Gasteiger partial charge in [0.05, 0.1) is 0 Å². The van der Waals surface area contributed by atoms with Crippen molar-refractivity contribution in [3.8, 4) is 5.88 Å². The lowest BCUT2D eigenvalue weighted by Crippen LogP contribution is -1.99. The van der Waals surface area contributed by atoms with Crippen molar-refractivity contribution in [1.29, 1.82) is 0 Å². The number of hydrogen-bond acceptors (Lipinski definition) is 5. The highest BCUT2D eigenvalue weighted by atomic mass is 16.3. The molecule has 1 aromatic rings. The van der Waals surface area contributed by atoms with Crippen LogP contribution < -0.4 is 11.1 Å². The van der Waals surface area contributed by atoms with E-state index in [4.69, 9.17) is 10.8 Å². The molecule has 1 rings (SSSR count). The SMILES string of the molecule is CNc1ncnc(O)c1N. The molecule has 10 heavy (non-hydrogen) atoms. The van der Waals surface area contributed by atoms with Crippen molar-refractivity contribution in [3.63, 3.8) is 0 Å². The van der Waals surface area contributed by atoms with Crippen molar-refractivity contribution in [3.05, 3.63) is 6.33 Å². The molecular weight excluding hydrogens is 132 g/mol. The van der Waals surface area contributed by atoms with E-state index in [9.17, 15) is 0 Å². The van der Waals surface area contributed by atoms with E-state index in [1.807, 2.05) is 0 Å². The second kappa shape index (κ2) is 2.38. The molecule has 5 nitrogen and oxygen atoms in total. The van der Waals surface area contributed by atoms with Crippen LogP contribution in [0.1, 0.15) is 0 Å². The van der Waals surface area contributed by atoms with Crippen molar-refractivity contribution in [2.24, 2.45) is 0 Å². The van der Waals surface area contributed by atoms with Gasteiger partial charge < -0.3 is 16.2 Å². The fourth-order valence-electron chi connectivity index (χ4n) is 0.585. The summed E-state index contributed by atoms with van der Waals surface area (Å²) in [4.78, 5) is 7.22. The van der Waals surface area contributed by atoms with Crippen LogP contribution in [-0.4, -0.2) is 22.1 Å². The Kier molecular flexibility index (Phi) is 1.57. The number of aromatic hydroxyl groups is 1. The van der Waals surface area contributed by atoms with Crippen molar-refractivity contribution < 1.29 is 5.11 Å². The number of rotatable bonds is 1. The molecule has 5 heteroatoms. The molecule has 0 saturated heterocycles. The molecule has 1 heterocycles. The number of aromatic nitrogens is 2. The van der Waals surface area contributed by atoms with Gasteiger partial charge >= 0.3 is 0 Å². The van der Waals surface area contributed by atoms with Gasteiger partial charge in [0.15, 0.2) is 5.82 Å². The van der Waals surface area contributed by atoms with Crippen LogP contribution in [-0.2, 0) is 0 Å². The molecule has 0 aliphatic rings. The van der Waals surface area contributed by atoms with Gasteiger partial charge in [0, 0.05) is 7.05 Å². The Labute approximate surface area is 57.9 Å². The molecule has 0 bridgehead atoms. The van der Waals surface area contributed by atoms with E-state index in [0.29, 0.717) is 5.82 Å². The van der Waals surface area contributed by atoms with Gasteiger partial charge in [-0.2, -0.15) is 4.98 Å². The van der Waals surface area contributed by atoms with E-state index in [2.05, 4.69) is 15.3 Å². The predicted octanol–water partition coefficient (Wildman–Crippen LogP) is -0.194. The molecule has 0 fully saturated rings. The number of nitrogens with one attached hydrogen (secondary N) is 1. The topological polar surface area (TPSA) is 84.1 Å². The van der Waals surface area contributed by atoms with E-state index in [1.54, 1.807) is 7.05 Å². The Hall–Kier alpha value is -1.52. The van der Waals surface area contributed by atoms with Crippen molar-refractivity contribution in [2.75, 3.05) is 18.1 Å². The smallest absolute Gasteiger partial charge is 0.240 e. The largest absolute Gasteiger partial charge is 0.492 e. The first-order chi connectivity index (χ1) is 4.75. The molecule has 0 amide bonds. The van der Waals surface area contributed by atoms with Gasteiger partial charge in [-0.05, 0) is 0 Å². The number of nitrogens with two attached hydrogens (primary N) is 1. The first-order valence-corrected chi connectivity index (χ1v) is 2.73. The Morgan fingerprint density at radius 3 is 2.80 bits per heavy atom. The fourth-order valence-corrected chi connectivity index (χ4v) is 0.585. The maximum absolute atomic E-state index is 8.92. The van der Waals surface area contributed by atoms with E-state index >= 15 is 0 Å². The molecule has 0 unspecified atom stereocenters. The zero-order valence-corrected chi connectivity index (χ0v) is 5.50. The summed E-state index contributed by atoms with van der Waals surface area (Å²) in [6.45, 7) is 0. The molecule has 0 aromatic carbocycles. The number of nitrogens with zero attached hydrogens (tertiary/aromatic N) is 2. The number of nitrogen functional groups attached to an aromatic ring is 1. The summed E-state index contributed by atoms with van der Waals surface area (Å²) in [6, 6.07) is 0. The van der Waals surface area contributed by atoms with E-state index in [1.165, 1.54) is 6.33 Å². The van der Waals surface area contributed by atoms with Crippen LogP contribution in [0.5, 0.6) is 5.88 Å². The number of hydrogen-bond donors (Lipinski definition) is 3. The molecule has 54 valence electrons. The second-order valence-electron chi connectivity index (χ2n) is 1.71. The lowest BCUT2D eigenvalue weighted by molar-refractivity contribution is 0.455. The Balaban J connectivity index is 3.14. The molecule has 0 spiro atoms. The average Bonchev–Trinajstić information content (AvgIpc) is 1.95. The second-order valence-corrected chi connectivity index (χ2v) is 1.71. The van der Waals surface area contributed by atoms with Gasteiger partial charge in [-0.3, -0.25) is 0 Å². The van der Waals surface area contributed by atoms with Crippen LogP contribution in [0.4, 0.5) is 11.5 Å². The highest BCUT2D eigenvalue weighted by Crippen LogP contribution is 2.21. The van der Waals surface area contributed by atoms with Gasteiger partial charge in [-0.15, -0.1) is 0 Å².